The second kappa shape index (κ2) is 4.58. The van der Waals surface area contributed by atoms with Crippen LogP contribution >= 0.6 is 0 Å². The standard InChI is InChI=1S/C12H19NO/c1-10(13)12(2,8-9-14)11-6-4-3-5-7-11/h3-7,10,14H,8-9,13H2,1-2H3. The molecule has 1 rings (SSSR count). The largest absolute Gasteiger partial charge is 0.396 e. The van der Waals surface area contributed by atoms with Crippen molar-refractivity contribution in [2.45, 2.75) is 31.7 Å². The summed E-state index contributed by atoms with van der Waals surface area (Å²) in [6.45, 7) is 4.26. The van der Waals surface area contributed by atoms with E-state index >= 15 is 0 Å². The first kappa shape index (κ1) is 11.2. The molecule has 0 saturated heterocycles. The Kier molecular flexibility index (Phi) is 3.67. The molecule has 0 spiro atoms. The monoisotopic (exact) mass is 193 g/mol. The predicted molar refractivity (Wildman–Crippen MR) is 59.1 cm³/mol. The molecule has 0 aliphatic rings. The Balaban J connectivity index is 2.99. The molecule has 0 aromatic heterocycles. The molecular formula is C12H19NO. The summed E-state index contributed by atoms with van der Waals surface area (Å²) in [6, 6.07) is 10.2. The van der Waals surface area contributed by atoms with Gasteiger partial charge in [0.15, 0.2) is 0 Å². The highest BCUT2D eigenvalue weighted by Gasteiger charge is 2.29. The summed E-state index contributed by atoms with van der Waals surface area (Å²) in [5.41, 5.74) is 7.05. The quantitative estimate of drug-likeness (QED) is 0.764. The molecule has 1 aromatic carbocycles. The lowest BCUT2D eigenvalue weighted by Crippen LogP contribution is -2.41. The van der Waals surface area contributed by atoms with Gasteiger partial charge in [0.05, 0.1) is 0 Å². The van der Waals surface area contributed by atoms with E-state index in [2.05, 4.69) is 19.1 Å². The van der Waals surface area contributed by atoms with Crippen LogP contribution in [-0.2, 0) is 5.41 Å². The van der Waals surface area contributed by atoms with Gasteiger partial charge in [0.1, 0.15) is 0 Å². The lowest BCUT2D eigenvalue weighted by molar-refractivity contribution is 0.229. The number of aliphatic hydroxyl groups is 1. The van der Waals surface area contributed by atoms with E-state index in [9.17, 15) is 0 Å². The Bertz CT molecular complexity index is 271. The van der Waals surface area contributed by atoms with Crippen molar-refractivity contribution in [3.8, 4) is 0 Å². The third-order valence-corrected chi connectivity index (χ3v) is 3.07. The zero-order chi connectivity index (χ0) is 10.6. The maximum absolute atomic E-state index is 9.06. The average Bonchev–Trinajstić information content (AvgIpc) is 2.19. The topological polar surface area (TPSA) is 46.2 Å². The van der Waals surface area contributed by atoms with E-state index in [-0.39, 0.29) is 18.1 Å². The number of aliphatic hydroxyl groups excluding tert-OH is 1. The van der Waals surface area contributed by atoms with Crippen LogP contribution in [0, 0.1) is 0 Å². The second-order valence-corrected chi connectivity index (χ2v) is 4.05. The van der Waals surface area contributed by atoms with Crippen LogP contribution in [-0.4, -0.2) is 17.8 Å². The van der Waals surface area contributed by atoms with Crippen LogP contribution in [0.1, 0.15) is 25.8 Å². The SMILES string of the molecule is CC(N)C(C)(CCO)c1ccccc1. The summed E-state index contributed by atoms with van der Waals surface area (Å²) in [7, 11) is 0. The molecule has 0 aliphatic heterocycles. The molecule has 0 heterocycles. The van der Waals surface area contributed by atoms with Crippen LogP contribution < -0.4 is 5.73 Å². The molecule has 2 atom stereocenters. The van der Waals surface area contributed by atoms with Crippen molar-refractivity contribution < 1.29 is 5.11 Å². The summed E-state index contributed by atoms with van der Waals surface area (Å²) in [4.78, 5) is 0. The molecule has 0 amide bonds. The summed E-state index contributed by atoms with van der Waals surface area (Å²) < 4.78 is 0. The van der Waals surface area contributed by atoms with Crippen LogP contribution in [0.2, 0.25) is 0 Å². The van der Waals surface area contributed by atoms with Crippen molar-refractivity contribution in [2.75, 3.05) is 6.61 Å². The molecule has 0 aliphatic carbocycles. The van der Waals surface area contributed by atoms with Gasteiger partial charge in [-0.3, -0.25) is 0 Å². The first-order valence-corrected chi connectivity index (χ1v) is 5.03. The highest BCUT2D eigenvalue weighted by Crippen LogP contribution is 2.29. The van der Waals surface area contributed by atoms with E-state index < -0.39 is 0 Å². The van der Waals surface area contributed by atoms with E-state index in [0.717, 1.165) is 0 Å². The third-order valence-electron chi connectivity index (χ3n) is 3.07. The molecule has 2 nitrogen and oxygen atoms in total. The fraction of sp³-hybridized carbons (Fsp3) is 0.500. The van der Waals surface area contributed by atoms with Crippen molar-refractivity contribution >= 4 is 0 Å². The van der Waals surface area contributed by atoms with Crippen LogP contribution in [0.4, 0.5) is 0 Å². The Morgan fingerprint density at radius 1 is 1.36 bits per heavy atom. The van der Waals surface area contributed by atoms with E-state index in [1.807, 2.05) is 25.1 Å². The Labute approximate surface area is 85.8 Å². The van der Waals surface area contributed by atoms with Crippen molar-refractivity contribution in [2.24, 2.45) is 5.73 Å². The lowest BCUT2D eigenvalue weighted by Gasteiger charge is -2.33. The molecule has 78 valence electrons. The van der Waals surface area contributed by atoms with E-state index in [1.54, 1.807) is 0 Å². The summed E-state index contributed by atoms with van der Waals surface area (Å²) in [5.74, 6) is 0. The van der Waals surface area contributed by atoms with E-state index in [4.69, 9.17) is 10.8 Å². The molecule has 2 heteroatoms. The highest BCUT2D eigenvalue weighted by atomic mass is 16.3. The second-order valence-electron chi connectivity index (χ2n) is 4.05. The van der Waals surface area contributed by atoms with Crippen molar-refractivity contribution in [1.82, 2.24) is 0 Å². The Morgan fingerprint density at radius 2 is 1.93 bits per heavy atom. The van der Waals surface area contributed by atoms with Crippen molar-refractivity contribution in [3.63, 3.8) is 0 Å². The number of rotatable bonds is 4. The molecule has 14 heavy (non-hydrogen) atoms. The van der Waals surface area contributed by atoms with Gasteiger partial charge in [-0.05, 0) is 18.9 Å². The zero-order valence-corrected chi connectivity index (χ0v) is 8.90. The number of hydrogen-bond donors (Lipinski definition) is 2. The number of hydrogen-bond acceptors (Lipinski definition) is 2. The van der Waals surface area contributed by atoms with Gasteiger partial charge in [0.2, 0.25) is 0 Å². The molecular weight excluding hydrogens is 174 g/mol. The minimum Gasteiger partial charge on any atom is -0.396 e. The molecule has 0 saturated carbocycles. The van der Waals surface area contributed by atoms with Gasteiger partial charge in [-0.1, -0.05) is 37.3 Å². The van der Waals surface area contributed by atoms with Crippen LogP contribution in [0.5, 0.6) is 0 Å². The van der Waals surface area contributed by atoms with Crippen LogP contribution in [0.3, 0.4) is 0 Å². The summed E-state index contributed by atoms with van der Waals surface area (Å²) >= 11 is 0. The van der Waals surface area contributed by atoms with Crippen molar-refractivity contribution in [1.29, 1.82) is 0 Å². The minimum absolute atomic E-state index is 0.0389. The smallest absolute Gasteiger partial charge is 0.0440 e. The fourth-order valence-corrected chi connectivity index (χ4v) is 1.69. The average molecular weight is 193 g/mol. The van der Waals surface area contributed by atoms with Gasteiger partial charge in [-0.2, -0.15) is 0 Å². The van der Waals surface area contributed by atoms with Gasteiger partial charge in [0.25, 0.3) is 0 Å². The summed E-state index contributed by atoms with van der Waals surface area (Å²) in [6.07, 6.45) is 0.703. The van der Waals surface area contributed by atoms with Crippen LogP contribution in [0.15, 0.2) is 30.3 Å². The first-order chi connectivity index (χ1) is 6.61. The lowest BCUT2D eigenvalue weighted by atomic mass is 9.74. The number of nitrogens with two attached hydrogens (primary N) is 1. The molecule has 3 N–H and O–H groups in total. The molecule has 0 bridgehead atoms. The molecule has 2 unspecified atom stereocenters. The fourth-order valence-electron chi connectivity index (χ4n) is 1.69. The molecule has 0 fully saturated rings. The zero-order valence-electron chi connectivity index (χ0n) is 8.90. The third kappa shape index (κ3) is 2.14. The predicted octanol–water partition coefficient (Wildman–Crippen LogP) is 1.67. The first-order valence-electron chi connectivity index (χ1n) is 5.03. The highest BCUT2D eigenvalue weighted by molar-refractivity contribution is 5.26. The minimum atomic E-state index is -0.129. The molecule has 0 radical (unpaired) electrons. The van der Waals surface area contributed by atoms with Gasteiger partial charge in [-0.25, -0.2) is 0 Å². The maximum Gasteiger partial charge on any atom is 0.0440 e. The molecule has 1 aromatic rings. The summed E-state index contributed by atoms with van der Waals surface area (Å²) in [5, 5.41) is 9.06. The normalized spacial score (nSPS) is 17.4. The van der Waals surface area contributed by atoms with Crippen molar-refractivity contribution in [3.05, 3.63) is 35.9 Å². The van der Waals surface area contributed by atoms with E-state index in [1.165, 1.54) is 5.56 Å². The van der Waals surface area contributed by atoms with Gasteiger partial charge in [0, 0.05) is 18.1 Å². The van der Waals surface area contributed by atoms with Gasteiger partial charge < -0.3 is 10.8 Å². The van der Waals surface area contributed by atoms with Gasteiger partial charge in [-0.15, -0.1) is 0 Å². The van der Waals surface area contributed by atoms with Crippen LogP contribution in [0.25, 0.3) is 0 Å². The van der Waals surface area contributed by atoms with E-state index in [0.29, 0.717) is 6.42 Å². The Hall–Kier alpha value is -0.860. The number of benzene rings is 1. The van der Waals surface area contributed by atoms with Gasteiger partial charge >= 0.3 is 0 Å². The maximum atomic E-state index is 9.06. The Morgan fingerprint density at radius 3 is 2.36 bits per heavy atom.